The number of hydrogen-bond donors (Lipinski definition) is 4. The topological polar surface area (TPSA) is 80.9 Å². The summed E-state index contributed by atoms with van der Waals surface area (Å²) < 4.78 is 0. The fourth-order valence-electron chi connectivity index (χ4n) is 5.49. The summed E-state index contributed by atoms with van der Waals surface area (Å²) in [6.45, 7) is 11.0. The van der Waals surface area contributed by atoms with Crippen molar-refractivity contribution in [3.05, 3.63) is 119 Å². The molecule has 4 heteroatoms. The van der Waals surface area contributed by atoms with E-state index >= 15 is 0 Å². The second-order valence-electron chi connectivity index (χ2n) is 11.2. The van der Waals surface area contributed by atoms with Crippen molar-refractivity contribution < 1.29 is 20.4 Å². The second kappa shape index (κ2) is 12.8. The number of hydrogen-bond acceptors (Lipinski definition) is 4. The van der Waals surface area contributed by atoms with Crippen LogP contribution in [-0.2, 0) is 10.8 Å². The van der Waals surface area contributed by atoms with Crippen LogP contribution in [0.5, 0.6) is 23.0 Å². The normalized spacial score (nSPS) is 11.6. The molecule has 0 aromatic heterocycles. The molecule has 39 heavy (non-hydrogen) atoms. The monoisotopic (exact) mass is 526 g/mol. The van der Waals surface area contributed by atoms with E-state index in [4.69, 9.17) is 0 Å². The molecular weight excluding hydrogens is 484 g/mol. The highest BCUT2D eigenvalue weighted by Crippen LogP contribution is 2.39. The standard InChI is InChI=1S/C18H22O2.C17H20O2/c1-13(2)12-18(3,14-4-8-16(19)9-5-14)15-6-10-17(20)11-7-15;1-3-12-17(2,13-4-8-15(18)9-5-13)14-6-10-16(19)11-7-14/h4-11,13,19-20H,12H2,1-3H3;4-11,18-19H,3,12H2,1-2H3. The van der Waals surface area contributed by atoms with Gasteiger partial charge in [-0.1, -0.05) is 89.6 Å². The fraction of sp³-hybridized carbons (Fsp3) is 0.314. The van der Waals surface area contributed by atoms with Crippen LogP contribution in [0.25, 0.3) is 0 Å². The molecule has 0 bridgehead atoms. The van der Waals surface area contributed by atoms with Crippen LogP contribution in [0.3, 0.4) is 0 Å². The van der Waals surface area contributed by atoms with Gasteiger partial charge in [0, 0.05) is 10.8 Å². The molecule has 0 unspecified atom stereocenters. The van der Waals surface area contributed by atoms with Gasteiger partial charge in [-0.2, -0.15) is 0 Å². The zero-order chi connectivity index (χ0) is 28.6. The molecule has 4 nitrogen and oxygen atoms in total. The summed E-state index contributed by atoms with van der Waals surface area (Å²) in [7, 11) is 0. The van der Waals surface area contributed by atoms with Gasteiger partial charge in [0.15, 0.2) is 0 Å². The SMILES string of the molecule is CC(C)CC(C)(c1ccc(O)cc1)c1ccc(O)cc1.CCCC(C)(c1ccc(O)cc1)c1ccc(O)cc1. The molecule has 4 aromatic rings. The lowest BCUT2D eigenvalue weighted by atomic mass is 9.71. The van der Waals surface area contributed by atoms with E-state index in [1.54, 1.807) is 48.5 Å². The minimum atomic E-state index is -0.129. The van der Waals surface area contributed by atoms with Crippen molar-refractivity contribution in [1.29, 1.82) is 0 Å². The lowest BCUT2D eigenvalue weighted by Gasteiger charge is -2.33. The van der Waals surface area contributed by atoms with Crippen molar-refractivity contribution in [2.24, 2.45) is 5.92 Å². The van der Waals surface area contributed by atoms with Crippen LogP contribution in [0.1, 0.15) is 76.1 Å². The lowest BCUT2D eigenvalue weighted by Crippen LogP contribution is -2.25. The van der Waals surface area contributed by atoms with Crippen molar-refractivity contribution in [2.75, 3.05) is 0 Å². The van der Waals surface area contributed by atoms with Gasteiger partial charge in [0.1, 0.15) is 23.0 Å². The van der Waals surface area contributed by atoms with E-state index in [0.29, 0.717) is 5.92 Å². The van der Waals surface area contributed by atoms with Crippen molar-refractivity contribution >= 4 is 0 Å². The zero-order valence-electron chi connectivity index (χ0n) is 23.7. The number of phenolic OH excluding ortho intramolecular Hbond substituents is 4. The number of benzene rings is 4. The quantitative estimate of drug-likeness (QED) is 0.185. The maximum Gasteiger partial charge on any atom is 0.115 e. The molecule has 0 aliphatic rings. The van der Waals surface area contributed by atoms with Crippen LogP contribution in [0.4, 0.5) is 0 Å². The van der Waals surface area contributed by atoms with Crippen LogP contribution in [0.2, 0.25) is 0 Å². The molecule has 0 aliphatic carbocycles. The van der Waals surface area contributed by atoms with E-state index in [9.17, 15) is 20.4 Å². The van der Waals surface area contributed by atoms with Gasteiger partial charge < -0.3 is 20.4 Å². The smallest absolute Gasteiger partial charge is 0.115 e. The van der Waals surface area contributed by atoms with Gasteiger partial charge in [-0.25, -0.2) is 0 Å². The Kier molecular flexibility index (Phi) is 9.69. The van der Waals surface area contributed by atoms with Crippen LogP contribution in [0.15, 0.2) is 97.1 Å². The van der Waals surface area contributed by atoms with Gasteiger partial charge in [-0.05, 0) is 89.5 Å². The Labute approximate surface area is 233 Å². The number of phenols is 4. The highest BCUT2D eigenvalue weighted by atomic mass is 16.3. The predicted octanol–water partition coefficient (Wildman–Crippen LogP) is 8.65. The second-order valence-corrected chi connectivity index (χ2v) is 11.2. The average molecular weight is 527 g/mol. The van der Waals surface area contributed by atoms with E-state index in [1.165, 1.54) is 22.3 Å². The van der Waals surface area contributed by atoms with E-state index < -0.39 is 0 Å². The van der Waals surface area contributed by atoms with Crippen LogP contribution < -0.4 is 0 Å². The van der Waals surface area contributed by atoms with E-state index in [1.807, 2.05) is 48.5 Å². The molecule has 0 fully saturated rings. The van der Waals surface area contributed by atoms with Crippen molar-refractivity contribution in [3.63, 3.8) is 0 Å². The lowest BCUT2D eigenvalue weighted by molar-refractivity contribution is 0.424. The molecule has 0 atom stereocenters. The minimum Gasteiger partial charge on any atom is -0.508 e. The minimum absolute atomic E-state index is 0.101. The molecule has 0 radical (unpaired) electrons. The molecular formula is C35H42O4. The molecule has 4 rings (SSSR count). The Balaban J connectivity index is 0.000000216. The summed E-state index contributed by atoms with van der Waals surface area (Å²) in [5.74, 6) is 1.68. The molecule has 0 saturated carbocycles. The third-order valence-corrected chi connectivity index (χ3v) is 7.58. The average Bonchev–Trinajstić information content (AvgIpc) is 2.90. The predicted molar refractivity (Wildman–Crippen MR) is 160 cm³/mol. The molecule has 0 spiro atoms. The van der Waals surface area contributed by atoms with Gasteiger partial charge >= 0.3 is 0 Å². The van der Waals surface area contributed by atoms with Crippen LogP contribution >= 0.6 is 0 Å². The molecule has 206 valence electrons. The molecule has 0 saturated heterocycles. The molecule has 0 aliphatic heterocycles. The third kappa shape index (κ3) is 7.35. The Hall–Kier alpha value is -3.92. The first-order valence-corrected chi connectivity index (χ1v) is 13.7. The Bertz CT molecular complexity index is 1200. The summed E-state index contributed by atoms with van der Waals surface area (Å²) in [5, 5.41) is 37.8. The first kappa shape index (κ1) is 29.6. The fourth-order valence-corrected chi connectivity index (χ4v) is 5.49. The van der Waals surface area contributed by atoms with Gasteiger partial charge in [0.2, 0.25) is 0 Å². The maximum absolute atomic E-state index is 9.48. The summed E-state index contributed by atoms with van der Waals surface area (Å²) >= 11 is 0. The summed E-state index contributed by atoms with van der Waals surface area (Å²) in [6.07, 6.45) is 3.09. The largest absolute Gasteiger partial charge is 0.508 e. The van der Waals surface area contributed by atoms with Crippen molar-refractivity contribution in [1.82, 2.24) is 0 Å². The van der Waals surface area contributed by atoms with E-state index in [0.717, 1.165) is 19.3 Å². The molecule has 4 aromatic carbocycles. The molecule has 0 heterocycles. The summed E-state index contributed by atoms with van der Waals surface area (Å²) in [4.78, 5) is 0. The van der Waals surface area contributed by atoms with Gasteiger partial charge in [0.25, 0.3) is 0 Å². The van der Waals surface area contributed by atoms with Crippen molar-refractivity contribution in [3.8, 4) is 23.0 Å². The third-order valence-electron chi connectivity index (χ3n) is 7.58. The maximum atomic E-state index is 9.48. The first-order valence-electron chi connectivity index (χ1n) is 13.7. The summed E-state index contributed by atoms with van der Waals surface area (Å²) in [6, 6.07) is 29.6. The highest BCUT2D eigenvalue weighted by Gasteiger charge is 2.30. The number of aromatic hydroxyl groups is 4. The summed E-state index contributed by atoms with van der Waals surface area (Å²) in [5.41, 5.74) is 4.48. The van der Waals surface area contributed by atoms with Crippen molar-refractivity contribution in [2.45, 2.75) is 64.7 Å². The molecule has 0 amide bonds. The Morgan fingerprint density at radius 1 is 0.487 bits per heavy atom. The van der Waals surface area contributed by atoms with E-state index in [2.05, 4.69) is 34.6 Å². The Morgan fingerprint density at radius 3 is 0.974 bits per heavy atom. The first-order chi connectivity index (χ1) is 18.5. The number of rotatable bonds is 8. The van der Waals surface area contributed by atoms with E-state index in [-0.39, 0.29) is 33.8 Å². The highest BCUT2D eigenvalue weighted by molar-refractivity contribution is 5.43. The van der Waals surface area contributed by atoms with Gasteiger partial charge in [-0.15, -0.1) is 0 Å². The van der Waals surface area contributed by atoms with Crippen LogP contribution in [-0.4, -0.2) is 20.4 Å². The zero-order valence-corrected chi connectivity index (χ0v) is 23.7. The molecule has 4 N–H and O–H groups in total. The van der Waals surface area contributed by atoms with Gasteiger partial charge in [-0.3, -0.25) is 0 Å². The Morgan fingerprint density at radius 2 is 0.744 bits per heavy atom. The van der Waals surface area contributed by atoms with Crippen LogP contribution in [0, 0.1) is 5.92 Å². The van der Waals surface area contributed by atoms with Gasteiger partial charge in [0.05, 0.1) is 0 Å².